The molecule has 110 valence electrons. The molecule has 3 rings (SSSR count). The van der Waals surface area contributed by atoms with Gasteiger partial charge >= 0.3 is 0 Å². The van der Waals surface area contributed by atoms with Crippen LogP contribution in [0.25, 0.3) is 0 Å². The first kappa shape index (κ1) is 14.4. The zero-order valence-electron chi connectivity index (χ0n) is 11.6. The van der Waals surface area contributed by atoms with Gasteiger partial charge in [0.1, 0.15) is 18.7 Å². The zero-order valence-corrected chi connectivity index (χ0v) is 12.4. The highest BCUT2D eigenvalue weighted by Crippen LogP contribution is 2.21. The van der Waals surface area contributed by atoms with Crippen LogP contribution in [-0.2, 0) is 6.61 Å². The van der Waals surface area contributed by atoms with Crippen molar-refractivity contribution in [3.05, 3.63) is 83.4 Å². The summed E-state index contributed by atoms with van der Waals surface area (Å²) in [5, 5.41) is 0.680. The zero-order chi connectivity index (χ0) is 15.4. The maximum atomic E-state index is 12.4. The molecule has 0 saturated heterocycles. The van der Waals surface area contributed by atoms with Gasteiger partial charge in [-0.05, 0) is 29.8 Å². The number of imidazole rings is 1. The number of hydrogen-bond acceptors (Lipinski definition) is 3. The molecule has 0 spiro atoms. The summed E-state index contributed by atoms with van der Waals surface area (Å²) < 4.78 is 7.21. The van der Waals surface area contributed by atoms with E-state index in [0.29, 0.717) is 22.9 Å². The second-order valence-corrected chi connectivity index (χ2v) is 5.12. The van der Waals surface area contributed by atoms with E-state index in [2.05, 4.69) is 4.98 Å². The summed E-state index contributed by atoms with van der Waals surface area (Å²) in [7, 11) is 0. The highest BCUT2D eigenvalue weighted by Gasteiger charge is 2.13. The first-order valence-corrected chi connectivity index (χ1v) is 7.11. The Hall–Kier alpha value is -2.59. The van der Waals surface area contributed by atoms with E-state index in [0.717, 1.165) is 5.56 Å². The molecule has 0 aliphatic rings. The van der Waals surface area contributed by atoms with Gasteiger partial charge < -0.3 is 4.74 Å². The Kier molecular flexibility index (Phi) is 4.21. The van der Waals surface area contributed by atoms with Crippen LogP contribution in [0.2, 0.25) is 5.02 Å². The van der Waals surface area contributed by atoms with Crippen molar-refractivity contribution < 1.29 is 9.53 Å². The van der Waals surface area contributed by atoms with Crippen LogP contribution in [0.4, 0.5) is 0 Å². The molecule has 5 heteroatoms. The monoisotopic (exact) mass is 312 g/mol. The highest BCUT2D eigenvalue weighted by molar-refractivity contribution is 6.30. The van der Waals surface area contributed by atoms with Crippen molar-refractivity contribution in [2.45, 2.75) is 6.61 Å². The van der Waals surface area contributed by atoms with Crippen LogP contribution in [0, 0.1) is 0 Å². The normalized spacial score (nSPS) is 10.4. The van der Waals surface area contributed by atoms with E-state index in [-0.39, 0.29) is 5.91 Å². The van der Waals surface area contributed by atoms with Crippen molar-refractivity contribution in [2.24, 2.45) is 0 Å². The lowest BCUT2D eigenvalue weighted by molar-refractivity contribution is 0.0955. The standard InChI is InChI=1S/C17H13ClN2O2/c18-14-7-5-13(6-8-14)11-22-16-4-2-1-3-15(16)17(21)20-10-9-19-12-20/h1-10,12H,11H2. The van der Waals surface area contributed by atoms with Crippen molar-refractivity contribution in [3.63, 3.8) is 0 Å². The number of rotatable bonds is 4. The molecule has 0 saturated carbocycles. The van der Waals surface area contributed by atoms with Crippen molar-refractivity contribution in [2.75, 3.05) is 0 Å². The minimum Gasteiger partial charge on any atom is -0.488 e. The quantitative estimate of drug-likeness (QED) is 0.736. The Balaban J connectivity index is 1.79. The number of hydrogen-bond donors (Lipinski definition) is 0. The topological polar surface area (TPSA) is 44.1 Å². The highest BCUT2D eigenvalue weighted by atomic mass is 35.5. The number of halogens is 1. The average Bonchev–Trinajstić information content (AvgIpc) is 3.08. The number of aromatic nitrogens is 2. The molecule has 22 heavy (non-hydrogen) atoms. The Morgan fingerprint density at radius 3 is 2.64 bits per heavy atom. The van der Waals surface area contributed by atoms with E-state index in [1.165, 1.54) is 10.9 Å². The van der Waals surface area contributed by atoms with Crippen LogP contribution in [0.15, 0.2) is 67.3 Å². The number of para-hydroxylation sites is 1. The van der Waals surface area contributed by atoms with E-state index >= 15 is 0 Å². The maximum absolute atomic E-state index is 12.4. The van der Waals surface area contributed by atoms with Gasteiger partial charge in [0.25, 0.3) is 5.91 Å². The molecule has 0 unspecified atom stereocenters. The maximum Gasteiger partial charge on any atom is 0.266 e. The summed E-state index contributed by atoms with van der Waals surface area (Å²) in [6.07, 6.45) is 4.64. The molecule has 0 N–H and O–H groups in total. The van der Waals surface area contributed by atoms with Crippen LogP contribution >= 0.6 is 11.6 Å². The van der Waals surface area contributed by atoms with Gasteiger partial charge in [-0.1, -0.05) is 35.9 Å². The van der Waals surface area contributed by atoms with Crippen LogP contribution in [0.5, 0.6) is 5.75 Å². The minimum atomic E-state index is -0.177. The van der Waals surface area contributed by atoms with Crippen molar-refractivity contribution >= 4 is 17.5 Å². The lowest BCUT2D eigenvalue weighted by Crippen LogP contribution is -2.11. The van der Waals surface area contributed by atoms with E-state index in [1.807, 2.05) is 30.3 Å². The van der Waals surface area contributed by atoms with E-state index in [1.54, 1.807) is 30.6 Å². The molecule has 0 aliphatic carbocycles. The van der Waals surface area contributed by atoms with Gasteiger partial charge in [-0.3, -0.25) is 9.36 Å². The predicted octanol–water partition coefficient (Wildman–Crippen LogP) is 3.80. The smallest absolute Gasteiger partial charge is 0.266 e. The molecule has 1 heterocycles. The fraction of sp³-hybridized carbons (Fsp3) is 0.0588. The lowest BCUT2D eigenvalue weighted by Gasteiger charge is -2.11. The van der Waals surface area contributed by atoms with Crippen molar-refractivity contribution in [3.8, 4) is 5.75 Å². The molecule has 0 radical (unpaired) electrons. The van der Waals surface area contributed by atoms with Crippen LogP contribution in [-0.4, -0.2) is 15.5 Å². The Morgan fingerprint density at radius 2 is 1.91 bits per heavy atom. The molecule has 2 aromatic carbocycles. The molecule has 3 aromatic rings. The summed E-state index contributed by atoms with van der Waals surface area (Å²) in [6.45, 7) is 0.366. The van der Waals surface area contributed by atoms with Crippen LogP contribution in [0.3, 0.4) is 0 Å². The van der Waals surface area contributed by atoms with E-state index in [4.69, 9.17) is 16.3 Å². The summed E-state index contributed by atoms with van der Waals surface area (Å²) >= 11 is 5.86. The fourth-order valence-corrected chi connectivity index (χ4v) is 2.16. The third-order valence-electron chi connectivity index (χ3n) is 3.16. The number of nitrogens with zero attached hydrogens (tertiary/aromatic N) is 2. The molecule has 0 bridgehead atoms. The number of carbonyl (C=O) groups excluding carboxylic acids is 1. The van der Waals surface area contributed by atoms with Gasteiger partial charge in [0.15, 0.2) is 0 Å². The third kappa shape index (κ3) is 3.18. The molecule has 0 atom stereocenters. The number of benzene rings is 2. The molecular weight excluding hydrogens is 300 g/mol. The Labute approximate surface area is 132 Å². The average molecular weight is 313 g/mol. The SMILES string of the molecule is O=C(c1ccccc1OCc1ccc(Cl)cc1)n1ccnc1. The van der Waals surface area contributed by atoms with Crippen molar-refractivity contribution in [1.29, 1.82) is 0 Å². The molecular formula is C17H13ClN2O2. The second kappa shape index (κ2) is 6.45. The molecule has 0 aliphatic heterocycles. The molecule has 1 aromatic heterocycles. The largest absolute Gasteiger partial charge is 0.488 e. The fourth-order valence-electron chi connectivity index (χ4n) is 2.03. The summed E-state index contributed by atoms with van der Waals surface area (Å²) in [5.41, 5.74) is 1.48. The third-order valence-corrected chi connectivity index (χ3v) is 3.42. The second-order valence-electron chi connectivity index (χ2n) is 4.69. The first-order chi connectivity index (χ1) is 10.7. The van der Waals surface area contributed by atoms with Crippen LogP contribution < -0.4 is 4.74 Å². The lowest BCUT2D eigenvalue weighted by atomic mass is 10.2. The first-order valence-electron chi connectivity index (χ1n) is 6.73. The summed E-state index contributed by atoms with van der Waals surface area (Å²) in [4.78, 5) is 16.3. The van der Waals surface area contributed by atoms with Gasteiger partial charge in [-0.2, -0.15) is 0 Å². The predicted molar refractivity (Wildman–Crippen MR) is 84.2 cm³/mol. The number of carbonyl (C=O) groups is 1. The van der Waals surface area contributed by atoms with Crippen molar-refractivity contribution in [1.82, 2.24) is 9.55 Å². The number of ether oxygens (including phenoxy) is 1. The summed E-state index contributed by atoms with van der Waals surface area (Å²) in [6, 6.07) is 14.6. The van der Waals surface area contributed by atoms with E-state index in [9.17, 15) is 4.79 Å². The van der Waals surface area contributed by atoms with Gasteiger partial charge in [0, 0.05) is 17.4 Å². The summed E-state index contributed by atoms with van der Waals surface area (Å²) in [5.74, 6) is 0.361. The van der Waals surface area contributed by atoms with Gasteiger partial charge in [0.05, 0.1) is 5.56 Å². The molecule has 0 amide bonds. The van der Waals surface area contributed by atoms with Gasteiger partial charge in [-0.25, -0.2) is 4.98 Å². The Bertz CT molecular complexity index is 768. The van der Waals surface area contributed by atoms with Crippen LogP contribution in [0.1, 0.15) is 15.9 Å². The molecule has 0 fully saturated rings. The van der Waals surface area contributed by atoms with Gasteiger partial charge in [0.2, 0.25) is 0 Å². The van der Waals surface area contributed by atoms with Gasteiger partial charge in [-0.15, -0.1) is 0 Å². The molecule has 4 nitrogen and oxygen atoms in total. The minimum absolute atomic E-state index is 0.177. The van der Waals surface area contributed by atoms with E-state index < -0.39 is 0 Å². The Morgan fingerprint density at radius 1 is 1.14 bits per heavy atom.